The average Bonchev–Trinajstić information content (AvgIpc) is 2.61. The van der Waals surface area contributed by atoms with Crippen LogP contribution in [0.4, 0.5) is 11.6 Å². The lowest BCUT2D eigenvalue weighted by atomic mass is 10.0. The van der Waals surface area contributed by atoms with E-state index in [2.05, 4.69) is 34.0 Å². The van der Waals surface area contributed by atoms with Gasteiger partial charge in [0, 0.05) is 31.9 Å². The van der Waals surface area contributed by atoms with Crippen LogP contribution in [0.2, 0.25) is 0 Å². The van der Waals surface area contributed by atoms with Crippen LogP contribution in [-0.4, -0.2) is 41.4 Å². The van der Waals surface area contributed by atoms with E-state index in [-0.39, 0.29) is 17.2 Å². The molecule has 3 heterocycles. The van der Waals surface area contributed by atoms with Crippen molar-refractivity contribution in [2.45, 2.75) is 26.3 Å². The third kappa shape index (κ3) is 4.14. The fraction of sp³-hybridized carbons (Fsp3) is 0.421. The number of carbonyl (C=O) groups is 1. The molecule has 0 aromatic carbocycles. The van der Waals surface area contributed by atoms with Gasteiger partial charge in [-0.2, -0.15) is 0 Å². The Bertz CT molecular complexity index is 746. The number of anilines is 1. The second-order valence-electron chi connectivity index (χ2n) is 6.84. The molecule has 131 valence electrons. The Morgan fingerprint density at radius 1 is 1.36 bits per heavy atom. The number of nitrogens with one attached hydrogen (secondary N) is 2. The molecular weight excluding hydrogens is 314 g/mol. The molecule has 3 rings (SSSR count). The lowest BCUT2D eigenvalue weighted by Gasteiger charge is -2.35. The van der Waals surface area contributed by atoms with E-state index < -0.39 is 0 Å². The first-order chi connectivity index (χ1) is 12.0. The molecule has 1 atom stereocenters. The quantitative estimate of drug-likeness (QED) is 0.847. The molecule has 6 nitrogen and oxygen atoms in total. The van der Waals surface area contributed by atoms with Gasteiger partial charge in [0.2, 0.25) is 5.78 Å². The van der Waals surface area contributed by atoms with Gasteiger partial charge in [-0.3, -0.25) is 10.5 Å². The van der Waals surface area contributed by atoms with E-state index in [1.54, 1.807) is 18.2 Å². The Labute approximate surface area is 148 Å². The molecular formula is C19H24N5O. The number of hydrogen-bond acceptors (Lipinski definition) is 5. The van der Waals surface area contributed by atoms with Gasteiger partial charge in [-0.15, -0.1) is 0 Å². The predicted octanol–water partition coefficient (Wildman–Crippen LogP) is 2.45. The monoisotopic (exact) mass is 338 g/mol. The van der Waals surface area contributed by atoms with Crippen LogP contribution >= 0.6 is 0 Å². The molecule has 1 fully saturated rings. The number of ketones is 1. The average molecular weight is 338 g/mol. The summed E-state index contributed by atoms with van der Waals surface area (Å²) in [6, 6.07) is 9.23. The second-order valence-corrected chi connectivity index (χ2v) is 6.84. The Kier molecular flexibility index (Phi) is 5.28. The van der Waals surface area contributed by atoms with Crippen molar-refractivity contribution >= 4 is 17.4 Å². The molecule has 0 aliphatic carbocycles. The van der Waals surface area contributed by atoms with Crippen LogP contribution in [0.1, 0.15) is 36.3 Å². The summed E-state index contributed by atoms with van der Waals surface area (Å²) in [6.45, 7) is 7.13. The first kappa shape index (κ1) is 17.4. The summed E-state index contributed by atoms with van der Waals surface area (Å²) >= 11 is 0. The summed E-state index contributed by atoms with van der Waals surface area (Å²) in [5.41, 5.74) is 8.45. The fourth-order valence-corrected chi connectivity index (χ4v) is 3.21. The molecule has 1 aliphatic heterocycles. The maximum Gasteiger partial charge on any atom is 0.215 e. The van der Waals surface area contributed by atoms with E-state index in [1.165, 1.54) is 6.20 Å². The van der Waals surface area contributed by atoms with Crippen molar-refractivity contribution in [1.29, 1.82) is 0 Å². The molecule has 25 heavy (non-hydrogen) atoms. The first-order valence-electron chi connectivity index (χ1n) is 8.71. The van der Waals surface area contributed by atoms with Gasteiger partial charge in [0.15, 0.2) is 5.82 Å². The summed E-state index contributed by atoms with van der Waals surface area (Å²) in [5.74, 6) is 1.18. The predicted molar refractivity (Wildman–Crippen MR) is 98.1 cm³/mol. The molecule has 0 amide bonds. The lowest BCUT2D eigenvalue weighted by molar-refractivity contribution is 0.103. The van der Waals surface area contributed by atoms with E-state index in [0.717, 1.165) is 31.9 Å². The van der Waals surface area contributed by atoms with Gasteiger partial charge in [-0.05, 0) is 36.6 Å². The highest BCUT2D eigenvalue weighted by Crippen LogP contribution is 2.19. The summed E-state index contributed by atoms with van der Waals surface area (Å²) in [4.78, 5) is 23.3. The number of rotatable bonds is 5. The van der Waals surface area contributed by atoms with E-state index in [4.69, 9.17) is 5.73 Å². The summed E-state index contributed by atoms with van der Waals surface area (Å²) in [5, 5.41) is 3.55. The van der Waals surface area contributed by atoms with Crippen LogP contribution in [0.5, 0.6) is 0 Å². The van der Waals surface area contributed by atoms with Gasteiger partial charge >= 0.3 is 0 Å². The summed E-state index contributed by atoms with van der Waals surface area (Å²) in [7, 11) is 0. The second kappa shape index (κ2) is 7.61. The Morgan fingerprint density at radius 3 is 2.96 bits per heavy atom. The molecule has 0 unspecified atom stereocenters. The third-order valence-corrected chi connectivity index (χ3v) is 4.35. The smallest absolute Gasteiger partial charge is 0.215 e. The van der Waals surface area contributed by atoms with E-state index in [9.17, 15) is 4.79 Å². The molecule has 0 bridgehead atoms. The molecule has 1 aliphatic rings. The van der Waals surface area contributed by atoms with Crippen LogP contribution in [0.3, 0.4) is 0 Å². The molecule has 6 heteroatoms. The fourth-order valence-electron chi connectivity index (χ4n) is 3.21. The van der Waals surface area contributed by atoms with Crippen LogP contribution in [0.15, 0.2) is 36.5 Å². The van der Waals surface area contributed by atoms with Gasteiger partial charge in [-0.1, -0.05) is 19.9 Å². The molecule has 0 saturated carbocycles. The lowest BCUT2D eigenvalue weighted by Crippen LogP contribution is -2.51. The SMILES string of the molecule is CC(C)C[C@H]1CN(c2cccc(C(=O)c3cccnc3[NH])n2)CCN1. The number of aromatic nitrogens is 2. The minimum absolute atomic E-state index is 0.0149. The van der Waals surface area contributed by atoms with Crippen molar-refractivity contribution in [2.75, 3.05) is 24.5 Å². The van der Waals surface area contributed by atoms with E-state index >= 15 is 0 Å². The Morgan fingerprint density at radius 2 is 2.20 bits per heavy atom. The van der Waals surface area contributed by atoms with Gasteiger partial charge in [0.05, 0.1) is 5.56 Å². The molecule has 2 N–H and O–H groups in total. The Balaban J connectivity index is 1.79. The van der Waals surface area contributed by atoms with E-state index in [0.29, 0.717) is 17.7 Å². The number of nitrogens with zero attached hydrogens (tertiary/aromatic N) is 3. The summed E-state index contributed by atoms with van der Waals surface area (Å²) < 4.78 is 0. The number of carbonyl (C=O) groups excluding carboxylic acids is 1. The zero-order valence-electron chi connectivity index (χ0n) is 14.7. The highest BCUT2D eigenvalue weighted by molar-refractivity contribution is 6.10. The maximum atomic E-state index is 12.7. The van der Waals surface area contributed by atoms with Crippen LogP contribution in [-0.2, 0) is 0 Å². The van der Waals surface area contributed by atoms with Gasteiger partial charge in [0.1, 0.15) is 11.5 Å². The molecule has 2 aromatic rings. The molecule has 1 radical (unpaired) electrons. The largest absolute Gasteiger partial charge is 0.354 e. The van der Waals surface area contributed by atoms with Crippen molar-refractivity contribution in [3.8, 4) is 0 Å². The first-order valence-corrected chi connectivity index (χ1v) is 8.71. The minimum Gasteiger partial charge on any atom is -0.354 e. The number of hydrogen-bond donors (Lipinski definition) is 1. The minimum atomic E-state index is -0.256. The number of pyridine rings is 2. The van der Waals surface area contributed by atoms with Crippen molar-refractivity contribution in [3.63, 3.8) is 0 Å². The van der Waals surface area contributed by atoms with Crippen LogP contribution < -0.4 is 16.0 Å². The molecule has 1 saturated heterocycles. The van der Waals surface area contributed by atoms with Crippen molar-refractivity contribution < 1.29 is 4.79 Å². The standard InChI is InChI=1S/C19H24N5O/c1-13(2)11-14-12-24(10-9-21-14)17-7-3-6-16(23-17)18(25)15-5-4-8-22-19(15)20/h3-8,13-14,20-21H,9-12H2,1-2H3/t14-/m0/s1. The highest BCUT2D eigenvalue weighted by Gasteiger charge is 2.22. The molecule has 2 aromatic heterocycles. The zero-order valence-corrected chi connectivity index (χ0v) is 14.7. The van der Waals surface area contributed by atoms with Crippen molar-refractivity contribution in [3.05, 3.63) is 47.8 Å². The van der Waals surface area contributed by atoms with Gasteiger partial charge in [0.25, 0.3) is 0 Å². The van der Waals surface area contributed by atoms with Gasteiger partial charge < -0.3 is 10.2 Å². The van der Waals surface area contributed by atoms with Gasteiger partial charge in [-0.25, -0.2) is 9.97 Å². The normalized spacial score (nSPS) is 17.7. The van der Waals surface area contributed by atoms with Crippen molar-refractivity contribution in [2.24, 2.45) is 5.92 Å². The third-order valence-electron chi connectivity index (χ3n) is 4.35. The maximum absolute atomic E-state index is 12.7. The zero-order chi connectivity index (χ0) is 17.8. The number of piperazine rings is 1. The highest BCUT2D eigenvalue weighted by atomic mass is 16.1. The Hall–Kier alpha value is -2.47. The summed E-state index contributed by atoms with van der Waals surface area (Å²) in [6.07, 6.45) is 2.63. The molecule has 0 spiro atoms. The van der Waals surface area contributed by atoms with E-state index in [1.807, 2.05) is 12.1 Å². The van der Waals surface area contributed by atoms with Crippen molar-refractivity contribution in [1.82, 2.24) is 21.0 Å². The topological polar surface area (TPSA) is 81.9 Å². The van der Waals surface area contributed by atoms with Crippen LogP contribution in [0, 0.1) is 5.92 Å². The van der Waals surface area contributed by atoms with Crippen LogP contribution in [0.25, 0.3) is 0 Å².